The molecule has 1 amide bonds. The van der Waals surface area contributed by atoms with Crippen molar-refractivity contribution in [2.45, 2.75) is 19.0 Å². The first kappa shape index (κ1) is 16.1. The molecule has 3 nitrogen and oxygen atoms in total. The zero-order valence-corrected chi connectivity index (χ0v) is 12.7. The maximum absolute atomic E-state index is 12.9. The Balaban J connectivity index is 1.69. The predicted molar refractivity (Wildman–Crippen MR) is 86.7 cm³/mol. The lowest BCUT2D eigenvalue weighted by Gasteiger charge is -2.13. The van der Waals surface area contributed by atoms with Gasteiger partial charge in [0.05, 0.1) is 11.3 Å². The first-order valence-corrected chi connectivity index (χ1v) is 7.46. The average Bonchev–Trinajstić information content (AvgIpc) is 2.96. The summed E-state index contributed by atoms with van der Waals surface area (Å²) in [5.74, 6) is -0.447. The third-order valence-electron chi connectivity index (χ3n) is 3.80. The fourth-order valence-corrected chi connectivity index (χ4v) is 2.64. The van der Waals surface area contributed by atoms with Crippen LogP contribution in [0.5, 0.6) is 0 Å². The second-order valence-electron chi connectivity index (χ2n) is 5.45. The van der Waals surface area contributed by atoms with Crippen LogP contribution in [-0.2, 0) is 17.4 Å². The first-order valence-electron chi connectivity index (χ1n) is 7.46. The van der Waals surface area contributed by atoms with Crippen LogP contribution in [-0.4, -0.2) is 10.9 Å². The largest absolute Gasteiger partial charge is 0.418 e. The maximum atomic E-state index is 12.9. The van der Waals surface area contributed by atoms with Gasteiger partial charge >= 0.3 is 6.18 Å². The number of halogens is 3. The molecule has 0 atom stereocenters. The highest BCUT2D eigenvalue weighted by atomic mass is 19.4. The number of aryl methyl sites for hydroxylation is 1. The van der Waals surface area contributed by atoms with Crippen molar-refractivity contribution < 1.29 is 18.0 Å². The van der Waals surface area contributed by atoms with E-state index in [9.17, 15) is 18.0 Å². The van der Waals surface area contributed by atoms with E-state index in [1.54, 1.807) is 0 Å². The summed E-state index contributed by atoms with van der Waals surface area (Å²) in [4.78, 5) is 15.1. The molecule has 0 unspecified atom stereocenters. The summed E-state index contributed by atoms with van der Waals surface area (Å²) < 4.78 is 38.8. The molecule has 0 aliphatic rings. The second-order valence-corrected chi connectivity index (χ2v) is 5.45. The molecule has 0 radical (unpaired) electrons. The molecule has 0 fully saturated rings. The Kier molecular flexibility index (Phi) is 4.29. The van der Waals surface area contributed by atoms with Gasteiger partial charge in [-0.3, -0.25) is 4.79 Å². The highest BCUT2D eigenvalue weighted by molar-refractivity contribution is 5.92. The summed E-state index contributed by atoms with van der Waals surface area (Å²) in [5, 5.41) is 3.37. The fraction of sp³-hybridized carbons (Fsp3) is 0.167. The van der Waals surface area contributed by atoms with E-state index in [-0.39, 0.29) is 12.1 Å². The van der Waals surface area contributed by atoms with Gasteiger partial charge < -0.3 is 10.3 Å². The highest BCUT2D eigenvalue weighted by Crippen LogP contribution is 2.34. The SMILES string of the molecule is O=C(CCc1c[nH]c2ccccc12)Nc1ccccc1C(F)(F)F. The minimum atomic E-state index is -4.50. The number of carbonyl (C=O) groups excluding carboxylic acids is 1. The van der Waals surface area contributed by atoms with Crippen molar-refractivity contribution in [3.05, 3.63) is 65.9 Å². The molecular formula is C18H15F3N2O. The number of aromatic amines is 1. The molecule has 2 aromatic carbocycles. The summed E-state index contributed by atoms with van der Waals surface area (Å²) in [6.07, 6.45) is -2.12. The Bertz CT molecular complexity index is 868. The number of hydrogen-bond acceptors (Lipinski definition) is 1. The van der Waals surface area contributed by atoms with E-state index in [4.69, 9.17) is 0 Å². The summed E-state index contributed by atoms with van der Waals surface area (Å²) in [6, 6.07) is 12.6. The molecule has 3 rings (SSSR count). The number of hydrogen-bond donors (Lipinski definition) is 2. The lowest BCUT2D eigenvalue weighted by molar-refractivity contribution is -0.137. The van der Waals surface area contributed by atoms with Gasteiger partial charge in [-0.2, -0.15) is 13.2 Å². The van der Waals surface area contributed by atoms with E-state index in [1.807, 2.05) is 30.5 Å². The second kappa shape index (κ2) is 6.39. The number of para-hydroxylation sites is 2. The van der Waals surface area contributed by atoms with E-state index >= 15 is 0 Å². The summed E-state index contributed by atoms with van der Waals surface area (Å²) in [7, 11) is 0. The van der Waals surface area contributed by atoms with E-state index in [1.165, 1.54) is 18.2 Å². The number of H-pyrrole nitrogens is 1. The van der Waals surface area contributed by atoms with Crippen molar-refractivity contribution >= 4 is 22.5 Å². The van der Waals surface area contributed by atoms with Crippen molar-refractivity contribution in [3.63, 3.8) is 0 Å². The Morgan fingerprint density at radius 3 is 2.54 bits per heavy atom. The lowest BCUT2D eigenvalue weighted by atomic mass is 10.1. The van der Waals surface area contributed by atoms with Gasteiger partial charge in [-0.1, -0.05) is 30.3 Å². The van der Waals surface area contributed by atoms with Crippen LogP contribution < -0.4 is 5.32 Å². The number of carbonyl (C=O) groups is 1. The third-order valence-corrected chi connectivity index (χ3v) is 3.80. The average molecular weight is 332 g/mol. The van der Waals surface area contributed by atoms with Crippen LogP contribution in [0.4, 0.5) is 18.9 Å². The number of aromatic nitrogens is 1. The van der Waals surface area contributed by atoms with Crippen LogP contribution >= 0.6 is 0 Å². The van der Waals surface area contributed by atoms with Crippen molar-refractivity contribution in [1.29, 1.82) is 0 Å². The summed E-state index contributed by atoms with van der Waals surface area (Å²) >= 11 is 0. The molecule has 1 aromatic heterocycles. The Labute approximate surface area is 136 Å². The van der Waals surface area contributed by atoms with E-state index in [2.05, 4.69) is 10.3 Å². The normalized spacial score (nSPS) is 11.6. The molecular weight excluding hydrogens is 317 g/mol. The van der Waals surface area contributed by atoms with Crippen LogP contribution in [0.1, 0.15) is 17.5 Å². The molecule has 2 N–H and O–H groups in total. The number of amides is 1. The molecule has 24 heavy (non-hydrogen) atoms. The number of rotatable bonds is 4. The highest BCUT2D eigenvalue weighted by Gasteiger charge is 2.33. The predicted octanol–water partition coefficient (Wildman–Crippen LogP) is 4.76. The summed E-state index contributed by atoms with van der Waals surface area (Å²) in [5.41, 5.74) is 0.875. The molecule has 6 heteroatoms. The van der Waals surface area contributed by atoms with E-state index in [0.717, 1.165) is 22.5 Å². The molecule has 0 aliphatic heterocycles. The number of anilines is 1. The van der Waals surface area contributed by atoms with Crippen molar-refractivity contribution in [1.82, 2.24) is 4.98 Å². The molecule has 1 heterocycles. The smallest absolute Gasteiger partial charge is 0.361 e. The zero-order valence-electron chi connectivity index (χ0n) is 12.7. The first-order chi connectivity index (χ1) is 11.4. The van der Waals surface area contributed by atoms with E-state index < -0.39 is 17.6 Å². The Hall–Kier alpha value is -2.76. The van der Waals surface area contributed by atoms with Crippen molar-refractivity contribution in [2.75, 3.05) is 5.32 Å². The molecule has 3 aromatic rings. The Morgan fingerprint density at radius 1 is 1.04 bits per heavy atom. The monoisotopic (exact) mass is 332 g/mol. The minimum absolute atomic E-state index is 0.105. The van der Waals surface area contributed by atoms with Gasteiger partial charge in [0, 0.05) is 23.5 Å². The van der Waals surface area contributed by atoms with E-state index in [0.29, 0.717) is 6.42 Å². The van der Waals surface area contributed by atoms with Gasteiger partial charge in [0.1, 0.15) is 0 Å². The van der Waals surface area contributed by atoms with Gasteiger partial charge in [0.2, 0.25) is 5.91 Å². The third kappa shape index (κ3) is 3.42. The van der Waals surface area contributed by atoms with Crippen LogP contribution in [0.3, 0.4) is 0 Å². The van der Waals surface area contributed by atoms with Gasteiger partial charge in [0.25, 0.3) is 0 Å². The van der Waals surface area contributed by atoms with Crippen LogP contribution in [0.15, 0.2) is 54.7 Å². The standard InChI is InChI=1S/C18H15F3N2O/c19-18(20,21)14-6-2-4-8-16(14)23-17(24)10-9-12-11-22-15-7-3-1-5-13(12)15/h1-8,11,22H,9-10H2,(H,23,24). The molecule has 0 spiro atoms. The molecule has 0 bridgehead atoms. The molecule has 0 saturated heterocycles. The van der Waals surface area contributed by atoms with Crippen LogP contribution in [0.2, 0.25) is 0 Å². The Morgan fingerprint density at radius 2 is 1.75 bits per heavy atom. The van der Waals surface area contributed by atoms with Gasteiger partial charge in [-0.25, -0.2) is 0 Å². The van der Waals surface area contributed by atoms with Gasteiger partial charge in [-0.15, -0.1) is 0 Å². The van der Waals surface area contributed by atoms with Crippen molar-refractivity contribution in [3.8, 4) is 0 Å². The number of benzene rings is 2. The lowest BCUT2D eigenvalue weighted by Crippen LogP contribution is -2.16. The number of nitrogens with one attached hydrogen (secondary N) is 2. The zero-order chi connectivity index (χ0) is 17.2. The molecule has 124 valence electrons. The molecule has 0 saturated carbocycles. The maximum Gasteiger partial charge on any atom is 0.418 e. The summed E-state index contributed by atoms with van der Waals surface area (Å²) in [6.45, 7) is 0. The van der Waals surface area contributed by atoms with Gasteiger partial charge in [-0.05, 0) is 30.2 Å². The van der Waals surface area contributed by atoms with Crippen molar-refractivity contribution in [2.24, 2.45) is 0 Å². The molecule has 0 aliphatic carbocycles. The topological polar surface area (TPSA) is 44.9 Å². The fourth-order valence-electron chi connectivity index (χ4n) is 2.64. The number of fused-ring (bicyclic) bond motifs is 1. The quantitative estimate of drug-likeness (QED) is 0.711. The number of alkyl halides is 3. The minimum Gasteiger partial charge on any atom is -0.361 e. The van der Waals surface area contributed by atoms with Crippen LogP contribution in [0, 0.1) is 0 Å². The van der Waals surface area contributed by atoms with Crippen LogP contribution in [0.25, 0.3) is 10.9 Å². The van der Waals surface area contributed by atoms with Gasteiger partial charge in [0.15, 0.2) is 0 Å².